The van der Waals surface area contributed by atoms with Crippen molar-refractivity contribution in [2.75, 3.05) is 0 Å². The molecule has 2 nitrogen and oxygen atoms in total. The highest BCUT2D eigenvalue weighted by Gasteiger charge is 1.98. The fourth-order valence-electron chi connectivity index (χ4n) is 1.95. The Morgan fingerprint density at radius 2 is 1.84 bits per heavy atom. The molecule has 0 saturated carbocycles. The van der Waals surface area contributed by atoms with Crippen LogP contribution in [0.15, 0.2) is 61.1 Å². The first-order valence-electron chi connectivity index (χ1n) is 6.15. The summed E-state index contributed by atoms with van der Waals surface area (Å²) in [5.74, 6) is 6.40. The molecule has 0 bridgehead atoms. The first-order chi connectivity index (χ1) is 9.43. The maximum absolute atomic E-state index is 4.29. The van der Waals surface area contributed by atoms with Crippen LogP contribution < -0.4 is 0 Å². The van der Waals surface area contributed by atoms with E-state index in [0.29, 0.717) is 0 Å². The average molecular weight is 244 g/mol. The van der Waals surface area contributed by atoms with Gasteiger partial charge in [0.2, 0.25) is 0 Å². The Morgan fingerprint density at radius 3 is 2.74 bits per heavy atom. The van der Waals surface area contributed by atoms with E-state index in [-0.39, 0.29) is 0 Å². The zero-order valence-electron chi connectivity index (χ0n) is 10.4. The van der Waals surface area contributed by atoms with Gasteiger partial charge in [-0.15, -0.1) is 0 Å². The predicted octanol–water partition coefficient (Wildman–Crippen LogP) is 3.22. The largest absolute Gasteiger partial charge is 0.244 e. The zero-order chi connectivity index (χ0) is 12.9. The van der Waals surface area contributed by atoms with Crippen LogP contribution in [0.2, 0.25) is 0 Å². The summed E-state index contributed by atoms with van der Waals surface area (Å²) in [5.41, 5.74) is 3.10. The topological polar surface area (TPSA) is 25.8 Å². The Hall–Kier alpha value is -2.66. The van der Waals surface area contributed by atoms with Crippen LogP contribution in [0.1, 0.15) is 11.1 Å². The second kappa shape index (κ2) is 5.32. The van der Waals surface area contributed by atoms with E-state index < -0.39 is 0 Å². The Bertz CT molecular complexity index is 747. The van der Waals surface area contributed by atoms with E-state index in [0.717, 1.165) is 22.9 Å². The van der Waals surface area contributed by atoms with Gasteiger partial charge in [0.05, 0.1) is 11.1 Å². The number of nitrogens with zero attached hydrogens (tertiary/aromatic N) is 2. The maximum Gasteiger partial charge on any atom is 0.116 e. The van der Waals surface area contributed by atoms with Gasteiger partial charge in [-0.3, -0.25) is 0 Å². The third kappa shape index (κ3) is 2.61. The SMILES string of the molecule is C(#Cc1cccc2cncnc12)Cc1ccccc1. The van der Waals surface area contributed by atoms with E-state index in [1.54, 1.807) is 6.33 Å². The molecule has 0 aliphatic carbocycles. The van der Waals surface area contributed by atoms with E-state index >= 15 is 0 Å². The molecule has 1 aromatic heterocycles. The van der Waals surface area contributed by atoms with Crippen molar-refractivity contribution in [1.82, 2.24) is 9.97 Å². The van der Waals surface area contributed by atoms with Gasteiger partial charge in [-0.25, -0.2) is 9.97 Å². The highest BCUT2D eigenvalue weighted by molar-refractivity contribution is 5.83. The van der Waals surface area contributed by atoms with Crippen LogP contribution in [0.4, 0.5) is 0 Å². The molecule has 0 unspecified atom stereocenters. The van der Waals surface area contributed by atoms with Crippen molar-refractivity contribution < 1.29 is 0 Å². The van der Waals surface area contributed by atoms with Gasteiger partial charge in [-0.1, -0.05) is 54.3 Å². The van der Waals surface area contributed by atoms with E-state index in [2.05, 4.69) is 33.9 Å². The van der Waals surface area contributed by atoms with E-state index in [1.165, 1.54) is 5.56 Å². The van der Waals surface area contributed by atoms with Crippen LogP contribution in [0.3, 0.4) is 0 Å². The number of rotatable bonds is 1. The molecule has 0 saturated heterocycles. The average Bonchev–Trinajstić information content (AvgIpc) is 2.49. The summed E-state index contributed by atoms with van der Waals surface area (Å²) in [6, 6.07) is 16.2. The lowest BCUT2D eigenvalue weighted by Gasteiger charge is -1.97. The fourth-order valence-corrected chi connectivity index (χ4v) is 1.95. The number of fused-ring (bicyclic) bond motifs is 1. The highest BCUT2D eigenvalue weighted by Crippen LogP contribution is 2.13. The van der Waals surface area contributed by atoms with Gasteiger partial charge >= 0.3 is 0 Å². The molecular formula is C17H12N2. The number of aromatic nitrogens is 2. The summed E-state index contributed by atoms with van der Waals surface area (Å²) in [6.07, 6.45) is 4.12. The third-order valence-electron chi connectivity index (χ3n) is 2.89. The van der Waals surface area contributed by atoms with Crippen LogP contribution in [0.25, 0.3) is 10.9 Å². The molecular weight excluding hydrogens is 232 g/mol. The molecule has 0 atom stereocenters. The first-order valence-corrected chi connectivity index (χ1v) is 6.15. The van der Waals surface area contributed by atoms with Crippen molar-refractivity contribution in [3.63, 3.8) is 0 Å². The quantitative estimate of drug-likeness (QED) is 0.614. The summed E-state index contributed by atoms with van der Waals surface area (Å²) >= 11 is 0. The van der Waals surface area contributed by atoms with Crippen LogP contribution in [-0.2, 0) is 6.42 Å². The summed E-state index contributed by atoms with van der Waals surface area (Å²) in [5, 5.41) is 1.02. The Morgan fingerprint density at radius 1 is 0.947 bits per heavy atom. The monoisotopic (exact) mass is 244 g/mol. The molecule has 1 heterocycles. The van der Waals surface area contributed by atoms with Crippen LogP contribution >= 0.6 is 0 Å². The second-order valence-electron chi connectivity index (χ2n) is 4.23. The normalized spacial score (nSPS) is 9.89. The lowest BCUT2D eigenvalue weighted by Crippen LogP contribution is -1.86. The highest BCUT2D eigenvalue weighted by atomic mass is 14.8. The van der Waals surface area contributed by atoms with E-state index in [4.69, 9.17) is 0 Å². The molecule has 0 fully saturated rings. The number of benzene rings is 2. The van der Waals surface area contributed by atoms with Crippen molar-refractivity contribution in [1.29, 1.82) is 0 Å². The van der Waals surface area contributed by atoms with Crippen molar-refractivity contribution in [2.24, 2.45) is 0 Å². The van der Waals surface area contributed by atoms with Gasteiger partial charge in [-0.2, -0.15) is 0 Å². The van der Waals surface area contributed by atoms with Gasteiger partial charge < -0.3 is 0 Å². The zero-order valence-corrected chi connectivity index (χ0v) is 10.4. The molecule has 0 radical (unpaired) electrons. The van der Waals surface area contributed by atoms with Crippen molar-refractivity contribution in [3.8, 4) is 11.8 Å². The number of para-hydroxylation sites is 1. The summed E-state index contributed by atoms with van der Waals surface area (Å²) in [7, 11) is 0. The fraction of sp³-hybridized carbons (Fsp3) is 0.0588. The molecule has 0 aliphatic heterocycles. The summed E-state index contributed by atoms with van der Waals surface area (Å²) in [4.78, 5) is 8.32. The van der Waals surface area contributed by atoms with Gasteiger partial charge in [0.15, 0.2) is 0 Å². The first kappa shape index (κ1) is 11.4. The van der Waals surface area contributed by atoms with Crippen molar-refractivity contribution in [2.45, 2.75) is 6.42 Å². The third-order valence-corrected chi connectivity index (χ3v) is 2.89. The minimum absolute atomic E-state index is 0.752. The Kier molecular flexibility index (Phi) is 3.20. The van der Waals surface area contributed by atoms with Crippen molar-refractivity contribution in [3.05, 3.63) is 72.2 Å². The molecule has 0 aliphatic rings. The molecule has 0 amide bonds. The second-order valence-corrected chi connectivity index (χ2v) is 4.23. The lowest BCUT2D eigenvalue weighted by atomic mass is 10.1. The molecule has 0 N–H and O–H groups in total. The number of hydrogen-bond acceptors (Lipinski definition) is 2. The molecule has 2 aromatic carbocycles. The molecule has 0 spiro atoms. The Labute approximate surface area is 112 Å². The number of hydrogen-bond donors (Lipinski definition) is 0. The molecule has 3 aromatic rings. The predicted molar refractivity (Wildman–Crippen MR) is 76.6 cm³/mol. The molecule has 19 heavy (non-hydrogen) atoms. The van der Waals surface area contributed by atoms with E-state index in [9.17, 15) is 0 Å². The summed E-state index contributed by atoms with van der Waals surface area (Å²) in [6.45, 7) is 0. The maximum atomic E-state index is 4.29. The van der Waals surface area contributed by atoms with Gasteiger partial charge in [-0.05, 0) is 11.6 Å². The lowest BCUT2D eigenvalue weighted by molar-refractivity contribution is 1.22. The van der Waals surface area contributed by atoms with Gasteiger partial charge in [0.25, 0.3) is 0 Å². The molecule has 3 rings (SSSR count). The van der Waals surface area contributed by atoms with Gasteiger partial charge in [0, 0.05) is 18.0 Å². The van der Waals surface area contributed by atoms with Crippen LogP contribution in [-0.4, -0.2) is 9.97 Å². The van der Waals surface area contributed by atoms with Gasteiger partial charge in [0.1, 0.15) is 6.33 Å². The van der Waals surface area contributed by atoms with Crippen LogP contribution in [0.5, 0.6) is 0 Å². The Balaban J connectivity index is 1.90. The standard InChI is InChI=1S/C17H12N2/c1-2-6-14(7-3-1)8-4-9-15-10-5-11-16-12-18-13-19-17(15)16/h1-3,5-7,10-13H,8H2. The summed E-state index contributed by atoms with van der Waals surface area (Å²) < 4.78 is 0. The smallest absolute Gasteiger partial charge is 0.116 e. The van der Waals surface area contributed by atoms with Crippen LogP contribution in [0, 0.1) is 11.8 Å². The van der Waals surface area contributed by atoms with E-state index in [1.807, 2.05) is 42.6 Å². The van der Waals surface area contributed by atoms with Crippen molar-refractivity contribution >= 4 is 10.9 Å². The minimum atomic E-state index is 0.752. The molecule has 90 valence electrons. The molecule has 2 heteroatoms. The minimum Gasteiger partial charge on any atom is -0.244 e.